The summed E-state index contributed by atoms with van der Waals surface area (Å²) in [6.45, 7) is 2.41. The smallest absolute Gasteiger partial charge is 0.341 e. The largest absolute Gasteiger partial charge is 0.462 e. The van der Waals surface area contributed by atoms with Gasteiger partial charge in [0.05, 0.1) is 23.3 Å². The van der Waals surface area contributed by atoms with E-state index in [-0.39, 0.29) is 23.7 Å². The third kappa shape index (κ3) is 4.32. The molecule has 0 saturated heterocycles. The molecule has 3 amide bonds. The molecule has 168 valence electrons. The number of anilines is 1. The lowest BCUT2D eigenvalue weighted by Gasteiger charge is -2.13. The molecule has 32 heavy (non-hydrogen) atoms. The minimum absolute atomic E-state index is 0.142. The van der Waals surface area contributed by atoms with Crippen molar-refractivity contribution in [2.45, 2.75) is 51.9 Å². The summed E-state index contributed by atoms with van der Waals surface area (Å²) in [7, 11) is 0. The van der Waals surface area contributed by atoms with Gasteiger partial charge in [-0.15, -0.1) is 11.3 Å². The van der Waals surface area contributed by atoms with Crippen LogP contribution in [0, 0.1) is 0 Å². The lowest BCUT2D eigenvalue weighted by molar-refractivity contribution is -0.116. The summed E-state index contributed by atoms with van der Waals surface area (Å²) in [4.78, 5) is 52.1. The predicted molar refractivity (Wildman–Crippen MR) is 121 cm³/mol. The molecule has 8 heteroatoms. The van der Waals surface area contributed by atoms with Gasteiger partial charge in [0.25, 0.3) is 11.8 Å². The number of carbonyl (C=O) groups excluding carboxylic acids is 4. The summed E-state index contributed by atoms with van der Waals surface area (Å²) in [6, 6.07) is 6.85. The molecule has 0 radical (unpaired) electrons. The maximum absolute atomic E-state index is 12.5. The van der Waals surface area contributed by atoms with Crippen molar-refractivity contribution >= 4 is 40.0 Å². The second-order valence-electron chi connectivity index (χ2n) is 7.95. The van der Waals surface area contributed by atoms with E-state index < -0.39 is 0 Å². The molecule has 1 aromatic carbocycles. The molecule has 2 aromatic rings. The number of ether oxygens (including phenoxy) is 1. The summed E-state index contributed by atoms with van der Waals surface area (Å²) in [6.07, 6.45) is 5.09. The maximum Gasteiger partial charge on any atom is 0.341 e. The van der Waals surface area contributed by atoms with Crippen LogP contribution in [0.2, 0.25) is 0 Å². The number of aryl methyl sites for hydroxylation is 1. The Balaban J connectivity index is 1.25. The molecule has 0 unspecified atom stereocenters. The first kappa shape index (κ1) is 22.2. The molecule has 1 aliphatic carbocycles. The Kier molecular flexibility index (Phi) is 6.69. The Morgan fingerprint density at radius 2 is 1.78 bits per heavy atom. The van der Waals surface area contributed by atoms with Gasteiger partial charge in [0, 0.05) is 17.8 Å². The minimum atomic E-state index is -0.372. The summed E-state index contributed by atoms with van der Waals surface area (Å²) in [5.74, 6) is -1.01. The van der Waals surface area contributed by atoms with Crippen molar-refractivity contribution < 1.29 is 23.9 Å². The van der Waals surface area contributed by atoms with Crippen molar-refractivity contribution in [1.29, 1.82) is 0 Å². The van der Waals surface area contributed by atoms with Gasteiger partial charge in [-0.05, 0) is 56.7 Å². The third-order valence-corrected chi connectivity index (χ3v) is 7.02. The van der Waals surface area contributed by atoms with Gasteiger partial charge in [-0.3, -0.25) is 19.3 Å². The molecule has 1 aliphatic heterocycles. The number of hydrogen-bond acceptors (Lipinski definition) is 6. The molecule has 0 spiro atoms. The number of nitrogens with zero attached hydrogens (tertiary/aromatic N) is 1. The summed E-state index contributed by atoms with van der Waals surface area (Å²) >= 11 is 1.47. The van der Waals surface area contributed by atoms with Crippen molar-refractivity contribution in [2.75, 3.05) is 18.5 Å². The summed E-state index contributed by atoms with van der Waals surface area (Å²) < 4.78 is 5.19. The lowest BCUT2D eigenvalue weighted by atomic mass is 10.1. The van der Waals surface area contributed by atoms with Crippen molar-refractivity contribution in [3.63, 3.8) is 0 Å². The van der Waals surface area contributed by atoms with Crippen LogP contribution in [0.1, 0.15) is 80.5 Å². The van der Waals surface area contributed by atoms with E-state index in [1.807, 2.05) is 0 Å². The van der Waals surface area contributed by atoms with E-state index in [1.54, 1.807) is 31.2 Å². The maximum atomic E-state index is 12.5. The molecule has 0 bridgehead atoms. The van der Waals surface area contributed by atoms with Crippen LogP contribution in [0.5, 0.6) is 0 Å². The first-order valence-electron chi connectivity index (χ1n) is 11.1. The predicted octanol–water partition coefficient (Wildman–Crippen LogP) is 4.21. The monoisotopic (exact) mass is 454 g/mol. The zero-order chi connectivity index (χ0) is 22.7. The minimum Gasteiger partial charge on any atom is -0.462 e. The fourth-order valence-corrected chi connectivity index (χ4v) is 5.57. The number of rotatable bonds is 9. The first-order valence-corrected chi connectivity index (χ1v) is 11.9. The van der Waals surface area contributed by atoms with Gasteiger partial charge in [-0.25, -0.2) is 4.79 Å². The number of unbranched alkanes of at least 4 members (excludes halogenated alkanes) is 2. The highest BCUT2D eigenvalue weighted by Crippen LogP contribution is 2.39. The summed E-state index contributed by atoms with van der Waals surface area (Å²) in [5.41, 5.74) is 2.45. The van der Waals surface area contributed by atoms with Crippen LogP contribution >= 0.6 is 11.3 Å². The normalized spacial score (nSPS) is 14.5. The van der Waals surface area contributed by atoms with E-state index >= 15 is 0 Å². The number of fused-ring (bicyclic) bond motifs is 2. The average molecular weight is 455 g/mol. The fraction of sp³-hybridized carbons (Fsp3) is 0.417. The van der Waals surface area contributed by atoms with Crippen molar-refractivity contribution in [3.05, 3.63) is 51.4 Å². The Morgan fingerprint density at radius 1 is 1.06 bits per heavy atom. The van der Waals surface area contributed by atoms with Crippen molar-refractivity contribution in [1.82, 2.24) is 4.90 Å². The number of hydrogen-bond donors (Lipinski definition) is 1. The van der Waals surface area contributed by atoms with Crippen LogP contribution in [-0.2, 0) is 22.4 Å². The number of imide groups is 1. The lowest BCUT2D eigenvalue weighted by Crippen LogP contribution is -2.30. The SMILES string of the molecule is CCOC(=O)c1c(NC(=O)CCCCCN2C(=O)c3ccccc3C2=O)sc2c1CCC2. The highest BCUT2D eigenvalue weighted by Gasteiger charge is 2.34. The first-order chi connectivity index (χ1) is 15.5. The Hall–Kier alpha value is -3.00. The highest BCUT2D eigenvalue weighted by molar-refractivity contribution is 7.17. The van der Waals surface area contributed by atoms with Gasteiger partial charge in [-0.2, -0.15) is 0 Å². The van der Waals surface area contributed by atoms with E-state index in [2.05, 4.69) is 5.32 Å². The fourth-order valence-electron chi connectivity index (χ4n) is 4.28. The number of thiophene rings is 1. The van der Waals surface area contributed by atoms with Crippen molar-refractivity contribution in [3.8, 4) is 0 Å². The van der Waals surface area contributed by atoms with Crippen LogP contribution < -0.4 is 5.32 Å². The number of esters is 1. The Morgan fingerprint density at radius 3 is 2.47 bits per heavy atom. The molecule has 2 aliphatic rings. The highest BCUT2D eigenvalue weighted by atomic mass is 32.1. The summed E-state index contributed by atoms with van der Waals surface area (Å²) in [5, 5.41) is 3.48. The Labute approximate surface area is 190 Å². The molecule has 2 heterocycles. The molecule has 1 N–H and O–H groups in total. The van der Waals surface area contributed by atoms with Gasteiger partial charge in [0.2, 0.25) is 5.91 Å². The molecule has 1 aromatic heterocycles. The number of carbonyl (C=O) groups is 4. The van der Waals surface area contributed by atoms with Crippen LogP contribution in [0.15, 0.2) is 24.3 Å². The van der Waals surface area contributed by atoms with Crippen LogP contribution in [0.4, 0.5) is 5.00 Å². The molecule has 4 rings (SSSR count). The van der Waals surface area contributed by atoms with Crippen LogP contribution in [0.25, 0.3) is 0 Å². The van der Waals surface area contributed by atoms with E-state index in [9.17, 15) is 19.2 Å². The molecule has 0 atom stereocenters. The molecular weight excluding hydrogens is 428 g/mol. The molecule has 7 nitrogen and oxygen atoms in total. The standard InChI is InChI=1S/C24H26N2O5S/c1-2-31-24(30)20-17-11-8-12-18(17)32-21(20)25-19(27)13-4-3-7-14-26-22(28)15-9-5-6-10-16(15)23(26)29/h5-6,9-10H,2-4,7-8,11-14H2,1H3,(H,25,27). The second-order valence-corrected chi connectivity index (χ2v) is 9.05. The zero-order valence-corrected chi connectivity index (χ0v) is 18.9. The average Bonchev–Trinajstić information content (AvgIpc) is 3.42. The van der Waals surface area contributed by atoms with E-state index in [0.29, 0.717) is 60.5 Å². The van der Waals surface area contributed by atoms with Crippen LogP contribution in [-0.4, -0.2) is 41.7 Å². The van der Waals surface area contributed by atoms with Gasteiger partial charge in [0.1, 0.15) is 5.00 Å². The van der Waals surface area contributed by atoms with Gasteiger partial charge in [0.15, 0.2) is 0 Å². The molecule has 0 fully saturated rings. The third-order valence-electron chi connectivity index (χ3n) is 5.82. The quantitative estimate of drug-likeness (QED) is 0.348. The number of amides is 3. The van der Waals surface area contributed by atoms with Gasteiger partial charge in [-0.1, -0.05) is 18.6 Å². The Bertz CT molecular complexity index is 1040. The van der Waals surface area contributed by atoms with Gasteiger partial charge >= 0.3 is 5.97 Å². The second kappa shape index (κ2) is 9.65. The van der Waals surface area contributed by atoms with Gasteiger partial charge < -0.3 is 10.1 Å². The number of nitrogens with one attached hydrogen (secondary N) is 1. The topological polar surface area (TPSA) is 92.8 Å². The zero-order valence-electron chi connectivity index (χ0n) is 18.1. The van der Waals surface area contributed by atoms with E-state index in [1.165, 1.54) is 16.2 Å². The molecule has 0 saturated carbocycles. The molecular formula is C24H26N2O5S. The van der Waals surface area contributed by atoms with Crippen molar-refractivity contribution in [2.24, 2.45) is 0 Å². The van der Waals surface area contributed by atoms with E-state index in [4.69, 9.17) is 4.74 Å². The van der Waals surface area contributed by atoms with E-state index in [0.717, 1.165) is 29.7 Å². The van der Waals surface area contributed by atoms with Crippen LogP contribution in [0.3, 0.4) is 0 Å². The number of benzene rings is 1.